The first-order valence-corrected chi connectivity index (χ1v) is 8.94. The van der Waals surface area contributed by atoms with E-state index in [1.165, 1.54) is 17.8 Å². The van der Waals surface area contributed by atoms with Crippen LogP contribution in [0.5, 0.6) is 5.88 Å². The van der Waals surface area contributed by atoms with E-state index in [-0.39, 0.29) is 11.6 Å². The van der Waals surface area contributed by atoms with Crippen LogP contribution in [0.4, 0.5) is 11.4 Å². The molecule has 2 heterocycles. The van der Waals surface area contributed by atoms with Crippen LogP contribution < -0.4 is 10.1 Å². The molecule has 8 nitrogen and oxygen atoms in total. The van der Waals surface area contributed by atoms with E-state index >= 15 is 0 Å². The molecule has 1 aliphatic rings. The number of nitrogens with zero attached hydrogens (tertiary/aromatic N) is 4. The number of hydrogen-bond donors (Lipinski definition) is 1. The van der Waals surface area contributed by atoms with Crippen molar-refractivity contribution in [3.05, 3.63) is 64.2 Å². The van der Waals surface area contributed by atoms with Crippen LogP contribution in [-0.2, 0) is 0 Å². The lowest BCUT2D eigenvalue weighted by Crippen LogP contribution is -2.18. The molecule has 0 aliphatic carbocycles. The Morgan fingerprint density at radius 2 is 1.92 bits per heavy atom. The van der Waals surface area contributed by atoms with Crippen molar-refractivity contribution < 1.29 is 9.66 Å². The fourth-order valence-electron chi connectivity index (χ4n) is 2.75. The Morgan fingerprint density at radius 1 is 1.15 bits per heavy atom. The van der Waals surface area contributed by atoms with Gasteiger partial charge in [0, 0.05) is 17.3 Å². The van der Waals surface area contributed by atoms with Gasteiger partial charge in [0.15, 0.2) is 5.69 Å². The summed E-state index contributed by atoms with van der Waals surface area (Å²) >= 11 is 1.34. The lowest BCUT2D eigenvalue weighted by molar-refractivity contribution is -0.386. The molecular formula is C17H13N5O3S. The highest BCUT2D eigenvalue weighted by Crippen LogP contribution is 2.40. The lowest BCUT2D eigenvalue weighted by Gasteiger charge is -2.19. The first-order valence-electron chi connectivity index (χ1n) is 7.72. The number of rotatable bonds is 3. The van der Waals surface area contributed by atoms with E-state index in [4.69, 9.17) is 4.74 Å². The maximum absolute atomic E-state index is 11.4. The number of ether oxygens (including phenoxy) is 1. The third-order valence-corrected chi connectivity index (χ3v) is 4.47. The summed E-state index contributed by atoms with van der Waals surface area (Å²) in [6, 6.07) is 13.9. The average molecular weight is 367 g/mol. The lowest BCUT2D eigenvalue weighted by atomic mass is 10.1. The average Bonchev–Trinajstić information content (AvgIpc) is 2.84. The molecule has 3 aromatic rings. The zero-order chi connectivity index (χ0) is 18.1. The van der Waals surface area contributed by atoms with Crippen LogP contribution in [-0.4, -0.2) is 26.4 Å². The summed E-state index contributed by atoms with van der Waals surface area (Å²) in [5.41, 5.74) is 2.38. The fraction of sp³-hybridized carbons (Fsp3) is 0.118. The zero-order valence-corrected chi connectivity index (χ0v) is 14.4. The van der Waals surface area contributed by atoms with Crippen molar-refractivity contribution in [2.24, 2.45) is 0 Å². The molecule has 0 saturated heterocycles. The second kappa shape index (κ2) is 6.60. The van der Waals surface area contributed by atoms with Gasteiger partial charge in [0.1, 0.15) is 0 Å². The van der Waals surface area contributed by atoms with Crippen molar-refractivity contribution >= 4 is 23.1 Å². The van der Waals surface area contributed by atoms with E-state index < -0.39 is 11.2 Å². The molecule has 26 heavy (non-hydrogen) atoms. The van der Waals surface area contributed by atoms with E-state index in [1.54, 1.807) is 18.2 Å². The number of para-hydroxylation sites is 2. The summed E-state index contributed by atoms with van der Waals surface area (Å²) in [5.74, 6) is 0.282. The summed E-state index contributed by atoms with van der Waals surface area (Å²) in [6.45, 7) is 0. The Hall–Kier alpha value is -3.20. The number of hydrogen-bond acceptors (Lipinski definition) is 8. The van der Waals surface area contributed by atoms with Crippen LogP contribution in [0.1, 0.15) is 11.8 Å². The topological polar surface area (TPSA) is 103 Å². The van der Waals surface area contributed by atoms with Crippen molar-refractivity contribution in [2.75, 3.05) is 11.6 Å². The number of nitrogens with one attached hydrogen (secondary N) is 1. The molecule has 1 aliphatic heterocycles. The highest BCUT2D eigenvalue weighted by molar-refractivity contribution is 7.98. The quantitative estimate of drug-likeness (QED) is 0.425. The molecule has 0 radical (unpaired) electrons. The van der Waals surface area contributed by atoms with E-state index in [0.717, 1.165) is 11.3 Å². The van der Waals surface area contributed by atoms with Gasteiger partial charge in [-0.05, 0) is 18.4 Å². The van der Waals surface area contributed by atoms with E-state index in [2.05, 4.69) is 20.5 Å². The van der Waals surface area contributed by atoms with Gasteiger partial charge < -0.3 is 10.1 Å². The largest absolute Gasteiger partial charge is 0.447 e. The number of fused-ring (bicyclic) bond motifs is 3. The minimum Gasteiger partial charge on any atom is -0.447 e. The molecule has 4 rings (SSSR count). The van der Waals surface area contributed by atoms with Crippen molar-refractivity contribution in [1.29, 1.82) is 0 Å². The minimum absolute atomic E-state index is 0.0296. The summed E-state index contributed by atoms with van der Waals surface area (Å²) in [4.78, 5) is 15.4. The predicted molar refractivity (Wildman–Crippen MR) is 97.1 cm³/mol. The molecule has 1 N–H and O–H groups in total. The monoisotopic (exact) mass is 367 g/mol. The van der Waals surface area contributed by atoms with Gasteiger partial charge in [0.25, 0.3) is 5.69 Å². The van der Waals surface area contributed by atoms with Crippen molar-refractivity contribution in [3.8, 4) is 17.1 Å². The zero-order valence-electron chi connectivity index (χ0n) is 13.6. The van der Waals surface area contributed by atoms with Gasteiger partial charge in [0.2, 0.25) is 17.3 Å². The van der Waals surface area contributed by atoms with E-state index in [9.17, 15) is 10.1 Å². The van der Waals surface area contributed by atoms with E-state index in [0.29, 0.717) is 16.4 Å². The van der Waals surface area contributed by atoms with Crippen molar-refractivity contribution in [3.63, 3.8) is 0 Å². The minimum atomic E-state index is -0.787. The van der Waals surface area contributed by atoms with Crippen LogP contribution in [0, 0.1) is 10.1 Å². The molecule has 2 aromatic carbocycles. The Morgan fingerprint density at radius 3 is 2.73 bits per heavy atom. The number of anilines is 1. The van der Waals surface area contributed by atoms with Gasteiger partial charge >= 0.3 is 0 Å². The van der Waals surface area contributed by atoms with Crippen molar-refractivity contribution in [1.82, 2.24) is 15.2 Å². The van der Waals surface area contributed by atoms with Crippen molar-refractivity contribution in [2.45, 2.75) is 11.4 Å². The standard InChI is InChI=1S/C17H13N5O3S/c1-26-17-19-16-14(20-21-17)10-6-2-4-8-12(10)18-15(25-16)11-7-3-5-9-13(11)22(23)24/h2-9,15,18H,1H3. The first-order chi connectivity index (χ1) is 12.7. The summed E-state index contributed by atoms with van der Waals surface area (Å²) in [5, 5.41) is 23.4. The van der Waals surface area contributed by atoms with Gasteiger partial charge in [-0.15, -0.1) is 10.2 Å². The molecule has 0 amide bonds. The van der Waals surface area contributed by atoms with Gasteiger partial charge in [-0.3, -0.25) is 10.1 Å². The van der Waals surface area contributed by atoms with Gasteiger partial charge in [-0.2, -0.15) is 4.98 Å². The first kappa shape index (κ1) is 16.3. The number of thioether (sulfide) groups is 1. The molecule has 0 fully saturated rings. The predicted octanol–water partition coefficient (Wildman–Crippen LogP) is 3.67. The highest BCUT2D eigenvalue weighted by Gasteiger charge is 2.29. The molecule has 1 unspecified atom stereocenters. The SMILES string of the molecule is CSc1nnc2c(n1)OC(c1ccccc1[N+](=O)[O-])Nc1ccccc1-2. The molecule has 9 heteroatoms. The molecule has 130 valence electrons. The number of nitro benzene ring substituents is 1. The summed E-state index contributed by atoms with van der Waals surface area (Å²) in [6.07, 6.45) is 1.05. The van der Waals surface area contributed by atoms with Crippen LogP contribution >= 0.6 is 11.8 Å². The third kappa shape index (κ3) is 2.82. The number of benzene rings is 2. The fourth-order valence-corrected chi connectivity index (χ4v) is 3.05. The molecular weight excluding hydrogens is 354 g/mol. The second-order valence-corrected chi connectivity index (χ2v) is 6.23. The molecule has 0 bridgehead atoms. The molecule has 0 saturated carbocycles. The molecule has 0 spiro atoms. The Balaban J connectivity index is 1.89. The summed E-state index contributed by atoms with van der Waals surface area (Å²) in [7, 11) is 0. The van der Waals surface area contributed by atoms with Crippen LogP contribution in [0.2, 0.25) is 0 Å². The van der Waals surface area contributed by atoms with Crippen LogP contribution in [0.15, 0.2) is 53.7 Å². The summed E-state index contributed by atoms with van der Waals surface area (Å²) < 4.78 is 6.02. The van der Waals surface area contributed by atoms with E-state index in [1.807, 2.05) is 30.5 Å². The third-order valence-electron chi connectivity index (χ3n) is 3.93. The smallest absolute Gasteiger partial charge is 0.278 e. The Bertz CT molecular complexity index is 998. The maximum Gasteiger partial charge on any atom is 0.278 e. The number of aromatic nitrogens is 3. The maximum atomic E-state index is 11.4. The normalized spacial score (nSPS) is 15.0. The van der Waals surface area contributed by atoms with Crippen LogP contribution in [0.25, 0.3) is 11.3 Å². The Kier molecular flexibility index (Phi) is 4.13. The molecule has 1 aromatic heterocycles. The number of nitro groups is 1. The Labute approximate surface area is 152 Å². The van der Waals surface area contributed by atoms with Gasteiger partial charge in [-0.25, -0.2) is 0 Å². The highest BCUT2D eigenvalue weighted by atomic mass is 32.2. The second-order valence-electron chi connectivity index (χ2n) is 5.46. The molecule has 1 atom stereocenters. The van der Waals surface area contributed by atoms with Crippen LogP contribution in [0.3, 0.4) is 0 Å². The van der Waals surface area contributed by atoms with Gasteiger partial charge in [-0.1, -0.05) is 42.1 Å². The van der Waals surface area contributed by atoms with Gasteiger partial charge in [0.05, 0.1) is 10.5 Å².